The molecule has 0 spiro atoms. The fourth-order valence-electron chi connectivity index (χ4n) is 5.49. The smallest absolute Gasteiger partial charge is 0.322 e. The van der Waals surface area contributed by atoms with Gasteiger partial charge in [-0.05, 0) is 80.2 Å². The average molecular weight is 418 g/mol. The number of nitrogens with one attached hydrogen (secondary N) is 1. The van der Waals surface area contributed by atoms with Crippen molar-refractivity contribution in [1.82, 2.24) is 5.32 Å². The van der Waals surface area contributed by atoms with E-state index in [9.17, 15) is 14.0 Å². The van der Waals surface area contributed by atoms with Crippen LogP contribution in [0, 0.1) is 23.6 Å². The lowest BCUT2D eigenvalue weighted by atomic mass is 9.67. The van der Waals surface area contributed by atoms with Crippen molar-refractivity contribution in [1.29, 1.82) is 0 Å². The number of carbonyl (C=O) groups is 2. The van der Waals surface area contributed by atoms with Crippen LogP contribution in [0.5, 0.6) is 5.75 Å². The van der Waals surface area contributed by atoms with E-state index in [0.29, 0.717) is 18.3 Å². The summed E-state index contributed by atoms with van der Waals surface area (Å²) >= 11 is 0. The van der Waals surface area contributed by atoms with E-state index in [0.717, 1.165) is 42.6 Å². The van der Waals surface area contributed by atoms with Crippen LogP contribution in [0.1, 0.15) is 86.0 Å². The molecular formula is C24H32FNO4. The van der Waals surface area contributed by atoms with Crippen LogP contribution in [0.15, 0.2) is 12.1 Å². The molecule has 3 aliphatic carbocycles. The molecule has 1 aromatic rings. The van der Waals surface area contributed by atoms with E-state index in [4.69, 9.17) is 9.84 Å². The molecule has 0 aromatic heterocycles. The zero-order valence-electron chi connectivity index (χ0n) is 17.5. The Hall–Kier alpha value is -2.11. The Morgan fingerprint density at radius 3 is 2.50 bits per heavy atom. The number of carbonyl (C=O) groups excluding carboxylic acids is 1. The van der Waals surface area contributed by atoms with Crippen molar-refractivity contribution < 1.29 is 23.8 Å². The third kappa shape index (κ3) is 5.32. The molecule has 30 heavy (non-hydrogen) atoms. The molecule has 5 nitrogen and oxygen atoms in total. The highest BCUT2D eigenvalue weighted by molar-refractivity contribution is 5.96. The van der Waals surface area contributed by atoms with Crippen molar-refractivity contribution in [2.24, 2.45) is 17.8 Å². The summed E-state index contributed by atoms with van der Waals surface area (Å²) in [6.07, 6.45) is 12.5. The van der Waals surface area contributed by atoms with Gasteiger partial charge in [0.05, 0.1) is 12.2 Å². The first-order valence-electron chi connectivity index (χ1n) is 11.5. The Bertz CT molecular complexity index is 780. The van der Waals surface area contributed by atoms with E-state index < -0.39 is 24.2 Å². The van der Waals surface area contributed by atoms with Crippen molar-refractivity contribution in [3.05, 3.63) is 29.1 Å². The quantitative estimate of drug-likeness (QED) is 0.561. The van der Waals surface area contributed by atoms with Crippen molar-refractivity contribution in [2.45, 2.75) is 70.1 Å². The van der Waals surface area contributed by atoms with Crippen LogP contribution in [0.2, 0.25) is 0 Å². The average Bonchev–Trinajstić information content (AvgIpc) is 3.54. The second kappa shape index (κ2) is 9.36. The lowest BCUT2D eigenvalue weighted by molar-refractivity contribution is -0.135. The molecule has 0 radical (unpaired) electrons. The SMILES string of the molecule is O=C(O)CNC(=O)c1cc(C2CC2)c(OCCCC2CC3CCCC(C2)C3)cc1F. The predicted molar refractivity (Wildman–Crippen MR) is 111 cm³/mol. The Balaban J connectivity index is 1.32. The second-order valence-corrected chi connectivity index (χ2v) is 9.45. The van der Waals surface area contributed by atoms with Crippen LogP contribution in [-0.2, 0) is 4.79 Å². The minimum absolute atomic E-state index is 0.112. The molecule has 1 aromatic carbocycles. The van der Waals surface area contributed by atoms with Gasteiger partial charge in [0.15, 0.2) is 0 Å². The second-order valence-electron chi connectivity index (χ2n) is 9.45. The van der Waals surface area contributed by atoms with Crippen LogP contribution in [0.4, 0.5) is 4.39 Å². The minimum atomic E-state index is -1.16. The first-order valence-corrected chi connectivity index (χ1v) is 11.5. The van der Waals surface area contributed by atoms with Gasteiger partial charge in [-0.15, -0.1) is 0 Å². The topological polar surface area (TPSA) is 75.6 Å². The van der Waals surface area contributed by atoms with E-state index in [-0.39, 0.29) is 5.56 Å². The number of fused-ring (bicyclic) bond motifs is 2. The number of amides is 1. The Morgan fingerprint density at radius 1 is 1.10 bits per heavy atom. The monoisotopic (exact) mass is 417 g/mol. The summed E-state index contributed by atoms with van der Waals surface area (Å²) in [6.45, 7) is 0.0354. The van der Waals surface area contributed by atoms with Gasteiger partial charge in [0, 0.05) is 6.07 Å². The molecule has 0 heterocycles. The highest BCUT2D eigenvalue weighted by Crippen LogP contribution is 2.46. The van der Waals surface area contributed by atoms with Gasteiger partial charge in [0.1, 0.15) is 18.1 Å². The van der Waals surface area contributed by atoms with E-state index in [1.54, 1.807) is 6.07 Å². The van der Waals surface area contributed by atoms with Gasteiger partial charge in [-0.2, -0.15) is 0 Å². The third-order valence-electron chi connectivity index (χ3n) is 7.00. The number of rotatable bonds is 9. The molecular weight excluding hydrogens is 385 g/mol. The van der Waals surface area contributed by atoms with Crippen LogP contribution >= 0.6 is 0 Å². The molecule has 4 rings (SSSR count). The van der Waals surface area contributed by atoms with Crippen LogP contribution < -0.4 is 10.1 Å². The summed E-state index contributed by atoms with van der Waals surface area (Å²) in [6, 6.07) is 2.84. The molecule has 0 saturated heterocycles. The zero-order chi connectivity index (χ0) is 21.1. The maximum atomic E-state index is 14.5. The highest BCUT2D eigenvalue weighted by Gasteiger charge is 2.32. The number of aliphatic carboxylic acids is 1. The van der Waals surface area contributed by atoms with E-state index in [1.165, 1.54) is 51.0 Å². The summed E-state index contributed by atoms with van der Waals surface area (Å²) in [4.78, 5) is 22.8. The van der Waals surface area contributed by atoms with Gasteiger partial charge in [-0.1, -0.05) is 19.3 Å². The largest absolute Gasteiger partial charge is 0.493 e. The molecule has 1 amide bonds. The lowest BCUT2D eigenvalue weighted by Gasteiger charge is -2.39. The number of benzene rings is 1. The summed E-state index contributed by atoms with van der Waals surface area (Å²) in [7, 11) is 0. The van der Waals surface area contributed by atoms with Gasteiger partial charge in [-0.3, -0.25) is 9.59 Å². The Labute approximate surface area is 177 Å². The minimum Gasteiger partial charge on any atom is -0.493 e. The molecule has 2 atom stereocenters. The number of carboxylic acids is 1. The predicted octanol–water partition coefficient (Wildman–Crippen LogP) is 4.89. The van der Waals surface area contributed by atoms with Crippen molar-refractivity contribution >= 4 is 11.9 Å². The molecule has 3 saturated carbocycles. The third-order valence-corrected chi connectivity index (χ3v) is 7.00. The Morgan fingerprint density at radius 2 is 1.83 bits per heavy atom. The molecule has 2 unspecified atom stereocenters. The normalized spacial score (nSPS) is 25.6. The van der Waals surface area contributed by atoms with E-state index in [2.05, 4.69) is 5.32 Å². The van der Waals surface area contributed by atoms with Gasteiger partial charge in [-0.25, -0.2) is 4.39 Å². The summed E-state index contributed by atoms with van der Waals surface area (Å²) in [5, 5.41) is 10.9. The number of hydrogen-bond acceptors (Lipinski definition) is 3. The van der Waals surface area contributed by atoms with Crippen molar-refractivity contribution in [3.63, 3.8) is 0 Å². The van der Waals surface area contributed by atoms with Gasteiger partial charge < -0.3 is 15.2 Å². The first-order chi connectivity index (χ1) is 14.5. The number of halogens is 1. The molecule has 3 aliphatic rings. The molecule has 0 aliphatic heterocycles. The van der Waals surface area contributed by atoms with Gasteiger partial charge >= 0.3 is 5.97 Å². The fraction of sp³-hybridized carbons (Fsp3) is 0.667. The van der Waals surface area contributed by atoms with Gasteiger partial charge in [0.2, 0.25) is 0 Å². The van der Waals surface area contributed by atoms with Crippen molar-refractivity contribution in [3.8, 4) is 5.75 Å². The number of hydrogen-bond donors (Lipinski definition) is 2. The van der Waals surface area contributed by atoms with Crippen LogP contribution in [-0.4, -0.2) is 30.1 Å². The summed E-state index contributed by atoms with van der Waals surface area (Å²) in [5.74, 6) is 0.959. The molecule has 3 fully saturated rings. The summed E-state index contributed by atoms with van der Waals surface area (Å²) in [5.41, 5.74) is 0.753. The standard InChI is InChI=1S/C24H32FNO4/c25-21-13-22(19(18-6-7-18)12-20(21)24(29)26-14-23(27)28)30-8-2-5-17-10-15-3-1-4-16(9-15)11-17/h12-13,15-18H,1-11,14H2,(H,26,29)(H,27,28). The number of ether oxygens (including phenoxy) is 1. The fourth-order valence-corrected chi connectivity index (χ4v) is 5.49. The van der Waals surface area contributed by atoms with Crippen LogP contribution in [0.25, 0.3) is 0 Å². The van der Waals surface area contributed by atoms with E-state index >= 15 is 0 Å². The molecule has 164 valence electrons. The lowest BCUT2D eigenvalue weighted by Crippen LogP contribution is -2.30. The number of carboxylic acid groups (broad SMARTS) is 1. The first kappa shape index (κ1) is 21.1. The maximum absolute atomic E-state index is 14.5. The van der Waals surface area contributed by atoms with Crippen molar-refractivity contribution in [2.75, 3.05) is 13.2 Å². The van der Waals surface area contributed by atoms with Gasteiger partial charge in [0.25, 0.3) is 5.91 Å². The highest BCUT2D eigenvalue weighted by atomic mass is 19.1. The Kier molecular flexibility index (Phi) is 6.59. The summed E-state index contributed by atoms with van der Waals surface area (Å²) < 4.78 is 20.5. The van der Waals surface area contributed by atoms with Crippen LogP contribution in [0.3, 0.4) is 0 Å². The molecule has 6 heteroatoms. The molecule has 2 bridgehead atoms. The van der Waals surface area contributed by atoms with E-state index in [1.807, 2.05) is 0 Å². The molecule has 2 N–H and O–H groups in total. The maximum Gasteiger partial charge on any atom is 0.322 e. The zero-order valence-corrected chi connectivity index (χ0v) is 17.5.